The Morgan fingerprint density at radius 3 is 2.66 bits per heavy atom. The lowest BCUT2D eigenvalue weighted by atomic mass is 9.92. The number of amidine groups is 1. The number of hydrogen-bond donors (Lipinski definition) is 2. The number of aliphatic imine (C=N–C) groups is 1. The summed E-state index contributed by atoms with van der Waals surface area (Å²) in [5, 5.41) is 6.50. The van der Waals surface area contributed by atoms with Crippen LogP contribution in [0.4, 0.5) is 19.0 Å². The molecule has 0 unspecified atom stereocenters. The highest BCUT2D eigenvalue weighted by Crippen LogP contribution is 2.46. The molecule has 3 aromatic heterocycles. The van der Waals surface area contributed by atoms with Gasteiger partial charge in [-0.05, 0) is 30.3 Å². The summed E-state index contributed by atoms with van der Waals surface area (Å²) >= 11 is 7.80. The van der Waals surface area contributed by atoms with Crippen LogP contribution in [0.5, 0.6) is 0 Å². The second kappa shape index (κ2) is 10.9. The van der Waals surface area contributed by atoms with Crippen LogP contribution in [-0.2, 0) is 10.2 Å². The molecule has 2 atom stereocenters. The average Bonchev–Trinajstić information content (AvgIpc) is 3.69. The van der Waals surface area contributed by atoms with Crippen molar-refractivity contribution < 1.29 is 21.6 Å². The predicted octanol–water partition coefficient (Wildman–Crippen LogP) is 4.86. The molecule has 41 heavy (non-hydrogen) atoms. The van der Waals surface area contributed by atoms with Gasteiger partial charge in [0.1, 0.15) is 17.7 Å². The SMILES string of the molecule is O=S(=O)(Nc1ccccn1)N[C@H]1CC2=C(c3ccn(C(F)F)n3)[C@H](c3ccc(F)cc3Cl)N=C(c3nccs3)N2C1. The van der Waals surface area contributed by atoms with Crippen molar-refractivity contribution in [2.45, 2.75) is 25.1 Å². The predicted molar refractivity (Wildman–Crippen MR) is 148 cm³/mol. The van der Waals surface area contributed by atoms with E-state index in [4.69, 9.17) is 16.6 Å². The quantitative estimate of drug-likeness (QED) is 0.291. The van der Waals surface area contributed by atoms with Gasteiger partial charge in [0.2, 0.25) is 0 Å². The molecule has 0 amide bonds. The second-order valence-corrected chi connectivity index (χ2v) is 11.9. The van der Waals surface area contributed by atoms with Gasteiger partial charge in [-0.25, -0.2) is 19.0 Å². The summed E-state index contributed by atoms with van der Waals surface area (Å²) in [4.78, 5) is 15.1. The van der Waals surface area contributed by atoms with Crippen LogP contribution >= 0.6 is 22.9 Å². The fraction of sp³-hybridized carbons (Fsp3) is 0.200. The number of anilines is 1. The molecule has 10 nitrogen and oxygen atoms in total. The van der Waals surface area contributed by atoms with Gasteiger partial charge in [0.25, 0.3) is 0 Å². The standard InChI is InChI=1S/C25H20ClF3N8O2S2/c26-17-11-14(27)4-5-16(17)22-21(18-6-9-37(33-18)25(28)29)19-12-15(13-36(19)23(32-22)24-31-8-10-40-24)34-41(38,39)35-20-3-1-2-7-30-20/h1-11,15,22,25,34H,12-13H2,(H,30,35)/t15-,22-/m0/s1. The summed E-state index contributed by atoms with van der Waals surface area (Å²) < 4.78 is 72.5. The maximum Gasteiger partial charge on any atom is 0.333 e. The van der Waals surface area contributed by atoms with E-state index in [0.717, 1.165) is 12.3 Å². The first-order valence-corrected chi connectivity index (χ1v) is 14.9. The van der Waals surface area contributed by atoms with E-state index >= 15 is 0 Å². The van der Waals surface area contributed by atoms with E-state index < -0.39 is 34.7 Å². The largest absolute Gasteiger partial charge is 0.333 e. The Morgan fingerprint density at radius 1 is 1.12 bits per heavy atom. The monoisotopic (exact) mass is 620 g/mol. The first-order chi connectivity index (χ1) is 19.7. The normalized spacial score (nSPS) is 19.0. The number of fused-ring (bicyclic) bond motifs is 1. The minimum atomic E-state index is -4.04. The number of aromatic nitrogens is 4. The van der Waals surface area contributed by atoms with Gasteiger partial charge in [0.05, 0.1) is 5.69 Å². The van der Waals surface area contributed by atoms with E-state index in [-0.39, 0.29) is 29.5 Å². The fourth-order valence-corrected chi connectivity index (χ4v) is 6.81. The number of thiazole rings is 1. The van der Waals surface area contributed by atoms with Gasteiger partial charge in [0, 0.05) is 64.8 Å². The Morgan fingerprint density at radius 2 is 1.98 bits per heavy atom. The number of hydrogen-bond acceptors (Lipinski definition) is 8. The molecule has 0 aliphatic carbocycles. The maximum atomic E-state index is 14.0. The van der Waals surface area contributed by atoms with E-state index in [1.165, 1.54) is 41.8 Å². The van der Waals surface area contributed by atoms with Crippen molar-refractivity contribution in [1.82, 2.24) is 29.4 Å². The Kier molecular flexibility index (Phi) is 7.27. The molecule has 0 saturated carbocycles. The molecule has 5 heterocycles. The topological polar surface area (TPSA) is 117 Å². The van der Waals surface area contributed by atoms with Crippen molar-refractivity contribution >= 4 is 50.4 Å². The van der Waals surface area contributed by atoms with Crippen molar-refractivity contribution in [3.63, 3.8) is 0 Å². The number of nitrogens with one attached hydrogen (secondary N) is 2. The van der Waals surface area contributed by atoms with Gasteiger partial charge < -0.3 is 4.90 Å². The van der Waals surface area contributed by atoms with E-state index in [1.807, 2.05) is 0 Å². The van der Waals surface area contributed by atoms with Crippen molar-refractivity contribution in [3.8, 4) is 0 Å². The molecule has 0 spiro atoms. The lowest BCUT2D eigenvalue weighted by molar-refractivity contribution is 0.0564. The molecule has 2 N–H and O–H groups in total. The number of nitrogens with zero attached hydrogens (tertiary/aromatic N) is 6. The third-order valence-electron chi connectivity index (χ3n) is 6.45. The van der Waals surface area contributed by atoms with Crippen LogP contribution in [0.1, 0.15) is 35.3 Å². The second-order valence-electron chi connectivity index (χ2n) is 9.13. The molecule has 4 aromatic rings. The Balaban J connectivity index is 1.45. The lowest BCUT2D eigenvalue weighted by Gasteiger charge is -2.32. The fourth-order valence-electron chi connectivity index (χ4n) is 4.84. The van der Waals surface area contributed by atoms with E-state index in [2.05, 4.69) is 24.5 Å². The minimum absolute atomic E-state index is 0.0897. The molecule has 212 valence electrons. The van der Waals surface area contributed by atoms with Gasteiger partial charge in [-0.2, -0.15) is 27.0 Å². The molecular weight excluding hydrogens is 601 g/mol. The zero-order valence-electron chi connectivity index (χ0n) is 20.8. The van der Waals surface area contributed by atoms with Crippen LogP contribution in [0, 0.1) is 5.82 Å². The summed E-state index contributed by atoms with van der Waals surface area (Å²) in [6.45, 7) is -2.71. The van der Waals surface area contributed by atoms with Gasteiger partial charge in [-0.15, -0.1) is 11.3 Å². The summed E-state index contributed by atoms with van der Waals surface area (Å²) in [5.74, 6) is 0.0354. The first kappa shape index (κ1) is 27.4. The molecule has 16 heteroatoms. The maximum absolute atomic E-state index is 14.0. The van der Waals surface area contributed by atoms with Crippen molar-refractivity contribution in [1.29, 1.82) is 0 Å². The zero-order valence-corrected chi connectivity index (χ0v) is 23.2. The smallest absolute Gasteiger partial charge is 0.326 e. The molecule has 0 bridgehead atoms. The van der Waals surface area contributed by atoms with Crippen LogP contribution in [0.2, 0.25) is 5.02 Å². The number of alkyl halides is 2. The summed E-state index contributed by atoms with van der Waals surface area (Å²) in [5.41, 5.74) is 1.67. The molecule has 1 aromatic carbocycles. The van der Waals surface area contributed by atoms with E-state index in [0.29, 0.717) is 32.4 Å². The van der Waals surface area contributed by atoms with Gasteiger partial charge >= 0.3 is 16.8 Å². The van der Waals surface area contributed by atoms with Crippen LogP contribution in [0.25, 0.3) is 5.57 Å². The van der Waals surface area contributed by atoms with Crippen LogP contribution in [0.3, 0.4) is 0 Å². The number of rotatable bonds is 8. The van der Waals surface area contributed by atoms with Crippen molar-refractivity contribution in [3.05, 3.63) is 99.2 Å². The minimum Gasteiger partial charge on any atom is -0.326 e. The molecule has 2 aliphatic rings. The molecule has 1 saturated heterocycles. The van der Waals surface area contributed by atoms with E-state index in [1.54, 1.807) is 28.6 Å². The number of halogens is 4. The Hall–Kier alpha value is -3.79. The van der Waals surface area contributed by atoms with Gasteiger partial charge in [0.15, 0.2) is 10.8 Å². The highest BCUT2D eigenvalue weighted by atomic mass is 35.5. The average molecular weight is 621 g/mol. The lowest BCUT2D eigenvalue weighted by Crippen LogP contribution is -2.41. The molecular formula is C25H20ClF3N8O2S2. The number of benzene rings is 1. The van der Waals surface area contributed by atoms with Crippen LogP contribution < -0.4 is 9.44 Å². The zero-order chi connectivity index (χ0) is 28.7. The van der Waals surface area contributed by atoms with Crippen LogP contribution in [-0.4, -0.2) is 51.5 Å². The third kappa shape index (κ3) is 5.57. The molecule has 1 fully saturated rings. The van der Waals surface area contributed by atoms with Gasteiger partial charge in [-0.1, -0.05) is 23.7 Å². The molecule has 6 rings (SSSR count). The highest BCUT2D eigenvalue weighted by molar-refractivity contribution is 7.90. The Bertz CT molecular complexity index is 1750. The molecule has 2 aliphatic heterocycles. The van der Waals surface area contributed by atoms with Gasteiger partial charge in [-0.3, -0.25) is 9.71 Å². The summed E-state index contributed by atoms with van der Waals surface area (Å²) in [6, 6.07) is 8.61. The third-order valence-corrected chi connectivity index (χ3v) is 8.67. The summed E-state index contributed by atoms with van der Waals surface area (Å²) in [7, 11) is -4.04. The van der Waals surface area contributed by atoms with Crippen LogP contribution in [0.15, 0.2) is 77.1 Å². The first-order valence-electron chi connectivity index (χ1n) is 12.2. The summed E-state index contributed by atoms with van der Waals surface area (Å²) in [6.07, 6.45) is 4.38. The molecule has 0 radical (unpaired) electrons. The number of pyridine rings is 1. The highest BCUT2D eigenvalue weighted by Gasteiger charge is 2.42. The Labute approximate surface area is 241 Å². The van der Waals surface area contributed by atoms with Crippen molar-refractivity contribution in [2.24, 2.45) is 4.99 Å². The van der Waals surface area contributed by atoms with E-state index in [9.17, 15) is 21.6 Å². The van der Waals surface area contributed by atoms with Crippen molar-refractivity contribution in [2.75, 3.05) is 11.3 Å².